The third kappa shape index (κ3) is 3.28. The Bertz CT molecular complexity index is 1010. The molecule has 3 aromatic rings. The fraction of sp³-hybridized carbons (Fsp3) is 0.227. The monoisotopic (exact) mass is 359 g/mol. The predicted octanol–water partition coefficient (Wildman–Crippen LogP) is 3.57. The highest BCUT2D eigenvalue weighted by atomic mass is 16.2. The van der Waals surface area contributed by atoms with E-state index >= 15 is 0 Å². The van der Waals surface area contributed by atoms with Crippen molar-refractivity contribution in [2.75, 3.05) is 22.9 Å². The van der Waals surface area contributed by atoms with Crippen molar-refractivity contribution >= 4 is 34.1 Å². The van der Waals surface area contributed by atoms with E-state index in [1.165, 1.54) is 12.5 Å². The molecule has 0 N–H and O–H groups in total. The highest BCUT2D eigenvalue weighted by Crippen LogP contribution is 2.29. The van der Waals surface area contributed by atoms with Crippen LogP contribution >= 0.6 is 0 Å². The molecule has 0 unspecified atom stereocenters. The Hall–Kier alpha value is -3.21. The standard InChI is InChI=1S/C22H21N3O2/c1-16(26)24(20-10-4-7-18-8-5-13-23-22(18)20)15-12-21(27)25-14-11-17-6-2-3-9-19(17)25/h2-10,13H,11-12,14-15H2,1H3. The summed E-state index contributed by atoms with van der Waals surface area (Å²) in [6.45, 7) is 2.56. The predicted molar refractivity (Wildman–Crippen MR) is 107 cm³/mol. The molecular formula is C22H21N3O2. The van der Waals surface area contributed by atoms with Crippen molar-refractivity contribution in [3.05, 3.63) is 66.4 Å². The number of pyridine rings is 1. The van der Waals surface area contributed by atoms with Gasteiger partial charge in [-0.05, 0) is 30.2 Å². The van der Waals surface area contributed by atoms with Gasteiger partial charge in [0.1, 0.15) is 0 Å². The van der Waals surface area contributed by atoms with Crippen LogP contribution in [0.4, 0.5) is 11.4 Å². The maximum atomic E-state index is 12.8. The van der Waals surface area contributed by atoms with Crippen LogP contribution in [0.2, 0.25) is 0 Å². The summed E-state index contributed by atoms with van der Waals surface area (Å²) in [7, 11) is 0. The summed E-state index contributed by atoms with van der Waals surface area (Å²) < 4.78 is 0. The lowest BCUT2D eigenvalue weighted by Gasteiger charge is -2.24. The first-order valence-electron chi connectivity index (χ1n) is 9.15. The Kier molecular flexibility index (Phi) is 4.59. The molecule has 2 aromatic carbocycles. The van der Waals surface area contributed by atoms with Gasteiger partial charge in [-0.15, -0.1) is 0 Å². The molecule has 136 valence electrons. The molecule has 0 radical (unpaired) electrons. The lowest BCUT2D eigenvalue weighted by Crippen LogP contribution is -2.35. The molecule has 0 fully saturated rings. The van der Waals surface area contributed by atoms with Crippen LogP contribution in [0.15, 0.2) is 60.8 Å². The molecule has 1 aromatic heterocycles. The van der Waals surface area contributed by atoms with E-state index in [1.54, 1.807) is 11.1 Å². The summed E-state index contributed by atoms with van der Waals surface area (Å²) in [6.07, 6.45) is 2.87. The molecule has 1 aliphatic rings. The maximum Gasteiger partial charge on any atom is 0.228 e. The van der Waals surface area contributed by atoms with Gasteiger partial charge in [0.25, 0.3) is 0 Å². The Balaban J connectivity index is 1.55. The molecular weight excluding hydrogens is 338 g/mol. The lowest BCUT2D eigenvalue weighted by molar-refractivity contribution is -0.118. The number of anilines is 2. The fourth-order valence-electron chi connectivity index (χ4n) is 3.69. The second kappa shape index (κ2) is 7.19. The zero-order valence-corrected chi connectivity index (χ0v) is 15.3. The third-order valence-electron chi connectivity index (χ3n) is 5.02. The maximum absolute atomic E-state index is 12.8. The Morgan fingerprint density at radius 1 is 1.07 bits per heavy atom. The van der Waals surface area contributed by atoms with Crippen LogP contribution in [-0.2, 0) is 16.0 Å². The Morgan fingerprint density at radius 3 is 2.74 bits per heavy atom. The fourth-order valence-corrected chi connectivity index (χ4v) is 3.69. The zero-order valence-electron chi connectivity index (χ0n) is 15.3. The first kappa shape index (κ1) is 17.2. The molecule has 2 heterocycles. The Labute approximate surface area is 158 Å². The number of aromatic nitrogens is 1. The van der Waals surface area contributed by atoms with Crippen molar-refractivity contribution in [3.8, 4) is 0 Å². The summed E-state index contributed by atoms with van der Waals surface area (Å²) in [6, 6.07) is 17.6. The second-order valence-corrected chi connectivity index (χ2v) is 6.70. The summed E-state index contributed by atoms with van der Waals surface area (Å²) in [5.74, 6) is -0.0535. The number of benzene rings is 2. The molecule has 5 heteroatoms. The van der Waals surface area contributed by atoms with Crippen molar-refractivity contribution in [1.82, 2.24) is 4.98 Å². The average Bonchev–Trinajstić information content (AvgIpc) is 3.12. The molecule has 27 heavy (non-hydrogen) atoms. The summed E-state index contributed by atoms with van der Waals surface area (Å²) in [5, 5.41) is 0.973. The van der Waals surface area contributed by atoms with Gasteiger partial charge >= 0.3 is 0 Å². The van der Waals surface area contributed by atoms with Gasteiger partial charge in [0.2, 0.25) is 11.8 Å². The number of rotatable bonds is 4. The van der Waals surface area contributed by atoms with E-state index in [0.29, 0.717) is 13.1 Å². The van der Waals surface area contributed by atoms with Crippen molar-refractivity contribution < 1.29 is 9.59 Å². The van der Waals surface area contributed by atoms with Crippen molar-refractivity contribution in [1.29, 1.82) is 0 Å². The quantitative estimate of drug-likeness (QED) is 0.716. The largest absolute Gasteiger partial charge is 0.312 e. The minimum Gasteiger partial charge on any atom is -0.312 e. The van der Waals surface area contributed by atoms with Gasteiger partial charge in [-0.3, -0.25) is 14.6 Å². The zero-order chi connectivity index (χ0) is 18.8. The average molecular weight is 359 g/mol. The number of fused-ring (bicyclic) bond motifs is 2. The lowest BCUT2D eigenvalue weighted by atomic mass is 10.1. The molecule has 5 nitrogen and oxygen atoms in total. The van der Waals surface area contributed by atoms with Gasteiger partial charge in [-0.1, -0.05) is 36.4 Å². The van der Waals surface area contributed by atoms with Crippen LogP contribution < -0.4 is 9.80 Å². The molecule has 0 spiro atoms. The smallest absolute Gasteiger partial charge is 0.228 e. The van der Waals surface area contributed by atoms with Gasteiger partial charge < -0.3 is 9.80 Å². The van der Waals surface area contributed by atoms with E-state index in [-0.39, 0.29) is 18.2 Å². The van der Waals surface area contributed by atoms with E-state index in [4.69, 9.17) is 0 Å². The van der Waals surface area contributed by atoms with Crippen molar-refractivity contribution in [3.63, 3.8) is 0 Å². The molecule has 0 atom stereocenters. The molecule has 0 saturated carbocycles. The first-order valence-corrected chi connectivity index (χ1v) is 9.15. The number of nitrogens with zero attached hydrogens (tertiary/aromatic N) is 3. The summed E-state index contributed by atoms with van der Waals surface area (Å²) >= 11 is 0. The Morgan fingerprint density at radius 2 is 1.89 bits per heavy atom. The van der Waals surface area contributed by atoms with Gasteiger partial charge in [0, 0.05) is 43.7 Å². The number of carbonyl (C=O) groups excluding carboxylic acids is 2. The minimum atomic E-state index is -0.0947. The van der Waals surface area contributed by atoms with Gasteiger partial charge in [-0.2, -0.15) is 0 Å². The number of hydrogen-bond donors (Lipinski definition) is 0. The number of carbonyl (C=O) groups is 2. The van der Waals surface area contributed by atoms with E-state index < -0.39 is 0 Å². The highest BCUT2D eigenvalue weighted by Gasteiger charge is 2.25. The third-order valence-corrected chi connectivity index (χ3v) is 5.02. The van der Waals surface area contributed by atoms with E-state index in [9.17, 15) is 9.59 Å². The summed E-state index contributed by atoms with van der Waals surface area (Å²) in [5.41, 5.74) is 3.71. The molecule has 2 amide bonds. The van der Waals surface area contributed by atoms with Crippen LogP contribution in [0.1, 0.15) is 18.9 Å². The number of para-hydroxylation sites is 2. The normalized spacial score (nSPS) is 12.9. The first-order chi connectivity index (χ1) is 13.1. The molecule has 1 aliphatic heterocycles. The van der Waals surface area contributed by atoms with Crippen LogP contribution in [0.5, 0.6) is 0 Å². The second-order valence-electron chi connectivity index (χ2n) is 6.70. The SMILES string of the molecule is CC(=O)N(CCC(=O)N1CCc2ccccc21)c1cccc2cccnc12. The van der Waals surface area contributed by atoms with Crippen molar-refractivity contribution in [2.45, 2.75) is 19.8 Å². The van der Waals surface area contributed by atoms with Crippen LogP contribution in [0.3, 0.4) is 0 Å². The van der Waals surface area contributed by atoms with E-state index in [2.05, 4.69) is 11.1 Å². The van der Waals surface area contributed by atoms with Crippen molar-refractivity contribution in [2.24, 2.45) is 0 Å². The number of hydrogen-bond acceptors (Lipinski definition) is 3. The van der Waals surface area contributed by atoms with E-state index in [0.717, 1.165) is 28.7 Å². The van der Waals surface area contributed by atoms with Gasteiger partial charge in [0.05, 0.1) is 11.2 Å². The summed E-state index contributed by atoms with van der Waals surface area (Å²) in [4.78, 5) is 33.0. The number of amides is 2. The molecule has 4 rings (SSSR count). The molecule has 0 aliphatic carbocycles. The van der Waals surface area contributed by atoms with Gasteiger partial charge in [0.15, 0.2) is 0 Å². The van der Waals surface area contributed by atoms with Crippen LogP contribution in [-0.4, -0.2) is 29.9 Å². The van der Waals surface area contributed by atoms with E-state index in [1.807, 2.05) is 53.4 Å². The molecule has 0 saturated heterocycles. The van der Waals surface area contributed by atoms with Crippen LogP contribution in [0, 0.1) is 0 Å². The topological polar surface area (TPSA) is 53.5 Å². The minimum absolute atomic E-state index is 0.0411. The highest BCUT2D eigenvalue weighted by molar-refractivity contribution is 6.02. The van der Waals surface area contributed by atoms with Crippen LogP contribution in [0.25, 0.3) is 10.9 Å². The molecule has 0 bridgehead atoms. The van der Waals surface area contributed by atoms with Gasteiger partial charge in [-0.25, -0.2) is 0 Å².